The summed E-state index contributed by atoms with van der Waals surface area (Å²) in [6, 6.07) is 0. The van der Waals surface area contributed by atoms with Gasteiger partial charge in [-0.25, -0.2) is 0 Å². The minimum absolute atomic E-state index is 0.203. The molecule has 0 bridgehead atoms. The lowest BCUT2D eigenvalue weighted by Gasteiger charge is -2.36. The molecule has 3 nitrogen and oxygen atoms in total. The predicted octanol–water partition coefficient (Wildman–Crippen LogP) is 1.31. The monoisotopic (exact) mass is 142 g/mol. The number of aliphatic carboxylic acids is 1. The molecule has 0 saturated heterocycles. The molecule has 1 fully saturated rings. The molecule has 0 radical (unpaired) electrons. The summed E-state index contributed by atoms with van der Waals surface area (Å²) in [5, 5.41) is 17.6. The van der Waals surface area contributed by atoms with E-state index in [0.29, 0.717) is 12.8 Å². The number of aliphatic hydroxyl groups is 1. The second kappa shape index (κ2) is 2.01. The Morgan fingerprint density at radius 2 is 1.90 bits per heavy atom. The quantitative estimate of drug-likeness (QED) is 0.571. The zero-order valence-corrected chi connectivity index (χ0v) is 5.63. The highest BCUT2D eigenvalue weighted by atomic mass is 16.4. The number of hydrogen-bond acceptors (Lipinski definition) is 2. The van der Waals surface area contributed by atoms with E-state index < -0.39 is 11.4 Å². The summed E-state index contributed by atoms with van der Waals surface area (Å²) in [5.74, 6) is -1.16. The fraction of sp³-hybridized carbons (Fsp3) is 0.571. The van der Waals surface area contributed by atoms with Crippen LogP contribution in [0.4, 0.5) is 0 Å². The number of carbonyl (C=O) groups is 1. The highest BCUT2D eigenvalue weighted by Crippen LogP contribution is 2.45. The molecule has 0 heterocycles. The molecular weight excluding hydrogens is 132 g/mol. The third kappa shape index (κ3) is 0.701. The highest BCUT2D eigenvalue weighted by Gasteiger charge is 2.47. The molecule has 2 N–H and O–H groups in total. The molecule has 56 valence electrons. The van der Waals surface area contributed by atoms with E-state index in [9.17, 15) is 4.79 Å². The van der Waals surface area contributed by atoms with Gasteiger partial charge in [0.1, 0.15) is 11.2 Å². The fourth-order valence-electron chi connectivity index (χ4n) is 1.16. The maximum Gasteiger partial charge on any atom is 0.317 e. The summed E-state index contributed by atoms with van der Waals surface area (Å²) in [4.78, 5) is 10.5. The van der Waals surface area contributed by atoms with E-state index >= 15 is 0 Å². The van der Waals surface area contributed by atoms with Crippen LogP contribution in [0.1, 0.15) is 19.3 Å². The normalized spacial score (nSPS) is 21.2. The van der Waals surface area contributed by atoms with Gasteiger partial charge in [0.05, 0.1) is 0 Å². The average molecular weight is 142 g/mol. The molecule has 1 rings (SSSR count). The molecule has 0 amide bonds. The molecule has 3 heteroatoms. The predicted molar refractivity (Wildman–Crippen MR) is 35.7 cm³/mol. The molecule has 0 unspecified atom stereocenters. The van der Waals surface area contributed by atoms with Gasteiger partial charge in [0.2, 0.25) is 0 Å². The van der Waals surface area contributed by atoms with Crippen LogP contribution in [0.15, 0.2) is 12.3 Å². The van der Waals surface area contributed by atoms with Crippen LogP contribution < -0.4 is 0 Å². The molecule has 0 atom stereocenters. The Bertz CT molecular complexity index is 163. The van der Waals surface area contributed by atoms with Gasteiger partial charge in [0, 0.05) is 0 Å². The van der Waals surface area contributed by atoms with Gasteiger partial charge >= 0.3 is 5.97 Å². The average Bonchev–Trinajstić information content (AvgIpc) is 1.57. The topological polar surface area (TPSA) is 57.5 Å². The summed E-state index contributed by atoms with van der Waals surface area (Å²) in [6.07, 6.45) is 1.92. The summed E-state index contributed by atoms with van der Waals surface area (Å²) in [5.41, 5.74) is -1.00. The van der Waals surface area contributed by atoms with E-state index in [2.05, 4.69) is 6.58 Å². The van der Waals surface area contributed by atoms with Crippen molar-refractivity contribution in [3.8, 4) is 0 Å². The van der Waals surface area contributed by atoms with E-state index in [1.807, 2.05) is 0 Å². The van der Waals surface area contributed by atoms with Crippen molar-refractivity contribution >= 4 is 5.97 Å². The third-order valence-electron chi connectivity index (χ3n) is 2.17. The highest BCUT2D eigenvalue weighted by molar-refractivity contribution is 5.78. The van der Waals surface area contributed by atoms with Crippen molar-refractivity contribution in [3.63, 3.8) is 0 Å². The molecular formula is C7H10O3. The summed E-state index contributed by atoms with van der Waals surface area (Å²) in [7, 11) is 0. The molecule has 0 aromatic heterocycles. The fourth-order valence-corrected chi connectivity index (χ4v) is 1.16. The first-order valence-electron chi connectivity index (χ1n) is 3.21. The lowest BCUT2D eigenvalue weighted by atomic mass is 9.68. The van der Waals surface area contributed by atoms with Crippen LogP contribution >= 0.6 is 0 Å². The van der Waals surface area contributed by atoms with Gasteiger partial charge in [0.25, 0.3) is 0 Å². The van der Waals surface area contributed by atoms with Gasteiger partial charge in [-0.1, -0.05) is 13.0 Å². The van der Waals surface area contributed by atoms with Crippen LogP contribution in [0.25, 0.3) is 0 Å². The third-order valence-corrected chi connectivity index (χ3v) is 2.17. The van der Waals surface area contributed by atoms with E-state index in [1.165, 1.54) is 0 Å². The van der Waals surface area contributed by atoms with E-state index in [-0.39, 0.29) is 5.76 Å². The SMILES string of the molecule is C=C(O)C1(C(=O)O)CCC1. The van der Waals surface area contributed by atoms with Gasteiger partial charge in [-0.2, -0.15) is 0 Å². The van der Waals surface area contributed by atoms with Crippen molar-refractivity contribution in [1.29, 1.82) is 0 Å². The van der Waals surface area contributed by atoms with Gasteiger partial charge < -0.3 is 10.2 Å². The Kier molecular flexibility index (Phi) is 1.43. The molecule has 1 aliphatic rings. The Hall–Kier alpha value is -0.990. The van der Waals surface area contributed by atoms with Gasteiger partial charge in [-0.05, 0) is 12.8 Å². The van der Waals surface area contributed by atoms with Gasteiger partial charge in [-0.15, -0.1) is 0 Å². The zero-order valence-electron chi connectivity index (χ0n) is 5.63. The van der Waals surface area contributed by atoms with Gasteiger partial charge in [0.15, 0.2) is 0 Å². The maximum absolute atomic E-state index is 10.5. The number of rotatable bonds is 2. The van der Waals surface area contributed by atoms with E-state index in [1.54, 1.807) is 0 Å². The van der Waals surface area contributed by atoms with Crippen molar-refractivity contribution in [2.75, 3.05) is 0 Å². The molecule has 0 spiro atoms. The summed E-state index contributed by atoms with van der Waals surface area (Å²) in [6.45, 7) is 3.25. The number of carboxylic acid groups (broad SMARTS) is 1. The lowest BCUT2D eigenvalue weighted by molar-refractivity contribution is -0.153. The second-order valence-electron chi connectivity index (χ2n) is 2.69. The van der Waals surface area contributed by atoms with Crippen LogP contribution in [0.2, 0.25) is 0 Å². The maximum atomic E-state index is 10.5. The van der Waals surface area contributed by atoms with E-state index in [0.717, 1.165) is 6.42 Å². The Balaban J connectivity index is 2.78. The van der Waals surface area contributed by atoms with Crippen molar-refractivity contribution in [3.05, 3.63) is 12.3 Å². The minimum Gasteiger partial charge on any atom is -0.512 e. The Labute approximate surface area is 59.0 Å². The molecule has 1 saturated carbocycles. The van der Waals surface area contributed by atoms with Crippen LogP contribution in [-0.2, 0) is 4.79 Å². The van der Waals surface area contributed by atoms with Crippen LogP contribution in [0.3, 0.4) is 0 Å². The first-order valence-corrected chi connectivity index (χ1v) is 3.21. The Morgan fingerprint density at radius 1 is 1.40 bits per heavy atom. The van der Waals surface area contributed by atoms with Crippen molar-refractivity contribution < 1.29 is 15.0 Å². The van der Waals surface area contributed by atoms with Crippen LogP contribution in [0.5, 0.6) is 0 Å². The Morgan fingerprint density at radius 3 is 1.90 bits per heavy atom. The summed E-state index contributed by atoms with van der Waals surface area (Å²) < 4.78 is 0. The molecule has 1 aliphatic carbocycles. The van der Waals surface area contributed by atoms with Gasteiger partial charge in [-0.3, -0.25) is 4.79 Å². The lowest BCUT2D eigenvalue weighted by Crippen LogP contribution is -2.39. The number of aliphatic hydroxyl groups excluding tert-OH is 1. The summed E-state index contributed by atoms with van der Waals surface area (Å²) >= 11 is 0. The van der Waals surface area contributed by atoms with Crippen molar-refractivity contribution in [2.45, 2.75) is 19.3 Å². The standard InChI is InChI=1S/C7H10O3/c1-5(8)7(6(9)10)3-2-4-7/h8H,1-4H2,(H,9,10). The molecule has 0 aromatic rings. The van der Waals surface area contributed by atoms with Crippen molar-refractivity contribution in [2.24, 2.45) is 5.41 Å². The first kappa shape index (κ1) is 7.12. The zero-order chi connectivity index (χ0) is 7.78. The molecule has 0 aromatic carbocycles. The minimum atomic E-state index is -1.00. The van der Waals surface area contributed by atoms with Crippen LogP contribution in [0, 0.1) is 5.41 Å². The number of hydrogen-bond donors (Lipinski definition) is 2. The van der Waals surface area contributed by atoms with Crippen LogP contribution in [-0.4, -0.2) is 16.2 Å². The van der Waals surface area contributed by atoms with E-state index in [4.69, 9.17) is 10.2 Å². The number of carboxylic acids is 1. The van der Waals surface area contributed by atoms with Crippen molar-refractivity contribution in [1.82, 2.24) is 0 Å². The first-order chi connectivity index (χ1) is 4.59. The smallest absolute Gasteiger partial charge is 0.317 e. The molecule has 10 heavy (non-hydrogen) atoms. The second-order valence-corrected chi connectivity index (χ2v) is 2.69. The largest absolute Gasteiger partial charge is 0.512 e. The molecule has 0 aliphatic heterocycles.